The lowest BCUT2D eigenvalue weighted by molar-refractivity contribution is -0.120. The van der Waals surface area contributed by atoms with Gasteiger partial charge in [-0.05, 0) is 30.5 Å². The average molecular weight is 340 g/mol. The molecule has 0 radical (unpaired) electrons. The maximum atomic E-state index is 12.3. The summed E-state index contributed by atoms with van der Waals surface area (Å²) in [5.74, 6) is 0.265. The molecule has 4 nitrogen and oxygen atoms in total. The zero-order chi connectivity index (χ0) is 16.9. The summed E-state index contributed by atoms with van der Waals surface area (Å²) in [5.41, 5.74) is 2.77. The van der Waals surface area contributed by atoms with Gasteiger partial charge >= 0.3 is 0 Å². The molecule has 0 aliphatic heterocycles. The van der Waals surface area contributed by atoms with Gasteiger partial charge in [0, 0.05) is 6.54 Å². The summed E-state index contributed by atoms with van der Waals surface area (Å²) >= 11 is 1.34. The summed E-state index contributed by atoms with van der Waals surface area (Å²) in [4.78, 5) is 16.7. The van der Waals surface area contributed by atoms with Crippen molar-refractivity contribution in [1.29, 1.82) is 0 Å². The Morgan fingerprint density at radius 1 is 1.12 bits per heavy atom. The number of amides is 1. The summed E-state index contributed by atoms with van der Waals surface area (Å²) in [6, 6.07) is 17.8. The van der Waals surface area contributed by atoms with Gasteiger partial charge in [0.2, 0.25) is 5.91 Å². The minimum absolute atomic E-state index is 0.00922. The predicted octanol–water partition coefficient (Wildman–Crippen LogP) is 4.23. The molecule has 1 aromatic heterocycles. The molecule has 0 aliphatic rings. The van der Waals surface area contributed by atoms with Gasteiger partial charge in [-0.15, -0.1) is 0 Å². The second-order valence-electron chi connectivity index (χ2n) is 5.76. The smallest absolute Gasteiger partial charge is 0.257 e. The Bertz CT molecular complexity index is 783. The van der Waals surface area contributed by atoms with E-state index in [0.717, 1.165) is 11.1 Å². The van der Waals surface area contributed by atoms with E-state index in [9.17, 15) is 4.79 Å². The van der Waals surface area contributed by atoms with Crippen LogP contribution in [0.1, 0.15) is 25.3 Å². The molecule has 1 amide bonds. The van der Waals surface area contributed by atoms with Crippen LogP contribution in [0.25, 0.3) is 11.1 Å². The first-order chi connectivity index (χ1) is 11.6. The topological polar surface area (TPSA) is 55.1 Å². The maximum absolute atomic E-state index is 12.3. The fourth-order valence-electron chi connectivity index (χ4n) is 2.40. The Hall–Kier alpha value is -2.27. The molecule has 0 saturated heterocycles. The second kappa shape index (κ2) is 7.53. The number of fused-ring (bicyclic) bond motifs is 1. The molecule has 3 rings (SSSR count). The van der Waals surface area contributed by atoms with E-state index in [1.165, 1.54) is 17.3 Å². The highest BCUT2D eigenvalue weighted by Gasteiger charge is 2.18. The zero-order valence-electron chi connectivity index (χ0n) is 13.7. The van der Waals surface area contributed by atoms with E-state index in [0.29, 0.717) is 11.8 Å². The fourth-order valence-corrected chi connectivity index (χ4v) is 3.18. The highest BCUT2D eigenvalue weighted by atomic mass is 32.2. The van der Waals surface area contributed by atoms with Crippen molar-refractivity contribution < 1.29 is 9.21 Å². The molecule has 2 aromatic carbocycles. The first-order valence-electron chi connectivity index (χ1n) is 7.98. The molecule has 1 N–H and O–H groups in total. The highest BCUT2D eigenvalue weighted by molar-refractivity contribution is 8.00. The second-order valence-corrected chi connectivity index (χ2v) is 7.06. The molecule has 3 aromatic rings. The number of benzene rings is 2. The first-order valence-corrected chi connectivity index (χ1v) is 8.86. The maximum Gasteiger partial charge on any atom is 0.257 e. The summed E-state index contributed by atoms with van der Waals surface area (Å²) < 4.78 is 5.66. The first kappa shape index (κ1) is 16.6. The molecule has 1 heterocycles. The number of para-hydroxylation sites is 2. The van der Waals surface area contributed by atoms with E-state index in [2.05, 4.69) is 29.4 Å². The van der Waals surface area contributed by atoms with Gasteiger partial charge in [0.25, 0.3) is 5.22 Å². The lowest BCUT2D eigenvalue weighted by Crippen LogP contribution is -2.33. The van der Waals surface area contributed by atoms with E-state index in [4.69, 9.17) is 4.42 Å². The summed E-state index contributed by atoms with van der Waals surface area (Å²) in [6.07, 6.45) is 0. The van der Waals surface area contributed by atoms with Crippen molar-refractivity contribution in [3.63, 3.8) is 0 Å². The molecular weight excluding hydrogens is 320 g/mol. The van der Waals surface area contributed by atoms with Crippen molar-refractivity contribution in [2.45, 2.75) is 30.2 Å². The summed E-state index contributed by atoms with van der Waals surface area (Å²) in [6.45, 7) is 4.58. The molecule has 0 aliphatic carbocycles. The highest BCUT2D eigenvalue weighted by Crippen LogP contribution is 2.26. The Morgan fingerprint density at radius 2 is 1.83 bits per heavy atom. The van der Waals surface area contributed by atoms with Gasteiger partial charge in [-0.1, -0.05) is 61.2 Å². The number of hydrogen-bond donors (Lipinski definition) is 1. The van der Waals surface area contributed by atoms with Crippen LogP contribution >= 0.6 is 11.8 Å². The number of aromatic nitrogens is 1. The number of oxazole rings is 1. The summed E-state index contributed by atoms with van der Waals surface area (Å²) in [7, 11) is 0. The number of hydrogen-bond acceptors (Lipinski definition) is 4. The van der Waals surface area contributed by atoms with Crippen LogP contribution in [0.15, 0.2) is 64.2 Å². The number of thioether (sulfide) groups is 1. The van der Waals surface area contributed by atoms with Crippen LogP contribution in [0.4, 0.5) is 0 Å². The van der Waals surface area contributed by atoms with Crippen molar-refractivity contribution in [3.8, 4) is 0 Å². The molecule has 5 heteroatoms. The average Bonchev–Trinajstić information content (AvgIpc) is 3.02. The Labute approximate surface area is 145 Å². The van der Waals surface area contributed by atoms with Crippen LogP contribution in [0.5, 0.6) is 0 Å². The molecule has 124 valence electrons. The molecule has 0 saturated carbocycles. The van der Waals surface area contributed by atoms with Gasteiger partial charge in [0.15, 0.2) is 5.58 Å². The minimum atomic E-state index is -0.263. The molecule has 0 bridgehead atoms. The number of rotatable bonds is 6. The number of nitrogens with one attached hydrogen (secondary N) is 1. The SMILES string of the molecule is C[C@H](CNC(=O)[C@@H](C)Sc1nc2ccccc2o1)c1ccccc1. The molecule has 0 unspecified atom stereocenters. The van der Waals surface area contributed by atoms with Crippen molar-refractivity contribution in [1.82, 2.24) is 10.3 Å². The normalized spacial score (nSPS) is 13.6. The van der Waals surface area contributed by atoms with E-state index in [-0.39, 0.29) is 17.1 Å². The van der Waals surface area contributed by atoms with E-state index < -0.39 is 0 Å². The van der Waals surface area contributed by atoms with Gasteiger partial charge in [0.1, 0.15) is 5.52 Å². The Balaban J connectivity index is 1.54. The summed E-state index contributed by atoms with van der Waals surface area (Å²) in [5, 5.41) is 3.27. The van der Waals surface area contributed by atoms with Gasteiger partial charge in [-0.25, -0.2) is 4.98 Å². The Morgan fingerprint density at radius 3 is 2.58 bits per heavy atom. The van der Waals surface area contributed by atoms with Gasteiger partial charge < -0.3 is 9.73 Å². The molecule has 2 atom stereocenters. The lowest BCUT2D eigenvalue weighted by Gasteiger charge is -2.15. The monoisotopic (exact) mass is 340 g/mol. The standard InChI is InChI=1S/C19H20N2O2S/c1-13(15-8-4-3-5-9-15)12-20-18(22)14(2)24-19-21-16-10-6-7-11-17(16)23-19/h3-11,13-14H,12H2,1-2H3,(H,20,22)/t13-,14-/m1/s1. The van der Waals surface area contributed by atoms with Crippen molar-refractivity contribution in [2.24, 2.45) is 0 Å². The van der Waals surface area contributed by atoms with Crippen LogP contribution in [-0.2, 0) is 4.79 Å². The third kappa shape index (κ3) is 3.97. The van der Waals surface area contributed by atoms with Crippen LogP contribution in [0.2, 0.25) is 0 Å². The van der Waals surface area contributed by atoms with Crippen LogP contribution in [-0.4, -0.2) is 22.7 Å². The Kier molecular flexibility index (Phi) is 5.20. The van der Waals surface area contributed by atoms with Crippen LogP contribution < -0.4 is 5.32 Å². The van der Waals surface area contributed by atoms with E-state index in [1.807, 2.05) is 49.4 Å². The van der Waals surface area contributed by atoms with Gasteiger partial charge in [-0.2, -0.15) is 0 Å². The fraction of sp³-hybridized carbons (Fsp3) is 0.263. The molecular formula is C19H20N2O2S. The molecule has 0 fully saturated rings. The number of nitrogens with zero attached hydrogens (tertiary/aromatic N) is 1. The third-order valence-corrected chi connectivity index (χ3v) is 4.82. The van der Waals surface area contributed by atoms with Crippen LogP contribution in [0, 0.1) is 0 Å². The van der Waals surface area contributed by atoms with Crippen molar-refractivity contribution in [2.75, 3.05) is 6.54 Å². The third-order valence-electron chi connectivity index (χ3n) is 3.87. The molecule has 24 heavy (non-hydrogen) atoms. The quantitative estimate of drug-likeness (QED) is 0.682. The molecule has 0 spiro atoms. The largest absolute Gasteiger partial charge is 0.431 e. The lowest BCUT2D eigenvalue weighted by atomic mass is 10.0. The van der Waals surface area contributed by atoms with Crippen molar-refractivity contribution >= 4 is 28.8 Å². The van der Waals surface area contributed by atoms with Gasteiger partial charge in [-0.3, -0.25) is 4.79 Å². The van der Waals surface area contributed by atoms with E-state index in [1.54, 1.807) is 0 Å². The number of carbonyl (C=O) groups excluding carboxylic acids is 1. The predicted molar refractivity (Wildman–Crippen MR) is 97.2 cm³/mol. The minimum Gasteiger partial charge on any atom is -0.431 e. The zero-order valence-corrected chi connectivity index (χ0v) is 14.5. The van der Waals surface area contributed by atoms with E-state index >= 15 is 0 Å². The van der Waals surface area contributed by atoms with Crippen molar-refractivity contribution in [3.05, 3.63) is 60.2 Å². The van der Waals surface area contributed by atoms with Crippen LogP contribution in [0.3, 0.4) is 0 Å². The van der Waals surface area contributed by atoms with Gasteiger partial charge in [0.05, 0.1) is 5.25 Å². The number of carbonyl (C=O) groups is 1.